The summed E-state index contributed by atoms with van der Waals surface area (Å²) in [5.41, 5.74) is 3.86. The Labute approximate surface area is 161 Å². The predicted molar refractivity (Wildman–Crippen MR) is 103 cm³/mol. The summed E-state index contributed by atoms with van der Waals surface area (Å²) in [5, 5.41) is 8.51. The zero-order valence-electron chi connectivity index (χ0n) is 15.6. The van der Waals surface area contributed by atoms with Crippen LogP contribution in [-0.2, 0) is 11.8 Å². The molecule has 27 heavy (non-hydrogen) atoms. The molecule has 0 aliphatic carbocycles. The smallest absolute Gasteiger partial charge is 0.337 e. The third-order valence-corrected chi connectivity index (χ3v) is 5.31. The highest BCUT2D eigenvalue weighted by atomic mass is 32.2. The Morgan fingerprint density at radius 3 is 2.48 bits per heavy atom. The second kappa shape index (κ2) is 7.79. The first-order chi connectivity index (χ1) is 12.9. The fourth-order valence-electron chi connectivity index (χ4n) is 2.92. The van der Waals surface area contributed by atoms with Crippen LogP contribution >= 0.6 is 11.8 Å². The van der Waals surface area contributed by atoms with Crippen LogP contribution in [-0.4, -0.2) is 43.9 Å². The van der Waals surface area contributed by atoms with Crippen molar-refractivity contribution in [3.8, 4) is 5.69 Å². The fraction of sp³-hybridized carbons (Fsp3) is 0.263. The number of carbonyl (C=O) groups excluding carboxylic acids is 2. The van der Waals surface area contributed by atoms with Crippen LogP contribution in [0.3, 0.4) is 0 Å². The molecule has 7 nitrogen and oxygen atoms in total. The van der Waals surface area contributed by atoms with E-state index in [-0.39, 0.29) is 17.5 Å². The van der Waals surface area contributed by atoms with Crippen molar-refractivity contribution in [2.45, 2.75) is 19.0 Å². The number of aromatic nitrogens is 4. The van der Waals surface area contributed by atoms with Gasteiger partial charge in [0, 0.05) is 29.7 Å². The van der Waals surface area contributed by atoms with E-state index in [1.807, 2.05) is 43.7 Å². The van der Waals surface area contributed by atoms with Gasteiger partial charge in [-0.1, -0.05) is 11.8 Å². The number of nitrogens with zero attached hydrogens (tertiary/aromatic N) is 4. The maximum absolute atomic E-state index is 12.7. The van der Waals surface area contributed by atoms with Crippen molar-refractivity contribution in [1.82, 2.24) is 19.3 Å². The van der Waals surface area contributed by atoms with Gasteiger partial charge in [0.1, 0.15) is 6.33 Å². The van der Waals surface area contributed by atoms with Crippen molar-refractivity contribution >= 4 is 23.5 Å². The summed E-state index contributed by atoms with van der Waals surface area (Å²) in [7, 11) is 3.20. The summed E-state index contributed by atoms with van der Waals surface area (Å²) >= 11 is 1.36. The number of benzene rings is 1. The van der Waals surface area contributed by atoms with Gasteiger partial charge < -0.3 is 13.9 Å². The second-order valence-electron chi connectivity index (χ2n) is 6.09. The van der Waals surface area contributed by atoms with Gasteiger partial charge in [-0.3, -0.25) is 4.79 Å². The summed E-state index contributed by atoms with van der Waals surface area (Å²) in [6, 6.07) is 9.00. The van der Waals surface area contributed by atoms with Crippen LogP contribution in [0.1, 0.15) is 32.1 Å². The van der Waals surface area contributed by atoms with E-state index >= 15 is 0 Å². The second-order valence-corrected chi connectivity index (χ2v) is 7.04. The Balaban J connectivity index is 1.82. The van der Waals surface area contributed by atoms with Crippen molar-refractivity contribution in [1.29, 1.82) is 0 Å². The molecule has 0 atom stereocenters. The van der Waals surface area contributed by atoms with Gasteiger partial charge in [0.05, 0.1) is 18.4 Å². The molecule has 0 saturated heterocycles. The first kappa shape index (κ1) is 18.9. The lowest BCUT2D eigenvalue weighted by molar-refractivity contribution is 0.0600. The minimum absolute atomic E-state index is 0.0357. The lowest BCUT2D eigenvalue weighted by Crippen LogP contribution is -2.07. The van der Waals surface area contributed by atoms with Crippen LogP contribution in [0.2, 0.25) is 0 Å². The van der Waals surface area contributed by atoms with E-state index in [2.05, 4.69) is 10.2 Å². The molecule has 3 rings (SSSR count). The van der Waals surface area contributed by atoms with E-state index in [1.165, 1.54) is 18.9 Å². The molecule has 0 saturated carbocycles. The first-order valence-electron chi connectivity index (χ1n) is 8.30. The summed E-state index contributed by atoms with van der Waals surface area (Å²) in [4.78, 5) is 24.3. The average Bonchev–Trinajstić information content (AvgIpc) is 3.21. The standard InChI is InChI=1S/C19H20N4O3S/c1-12-9-16(17(24)10-27-19-21-20-11-22(19)3)13(2)23(12)15-7-5-14(6-8-15)18(25)26-4/h5-9,11H,10H2,1-4H3. The van der Waals surface area contributed by atoms with E-state index in [1.54, 1.807) is 23.0 Å². The van der Waals surface area contributed by atoms with Crippen molar-refractivity contribution in [3.63, 3.8) is 0 Å². The monoisotopic (exact) mass is 384 g/mol. The Hall–Kier alpha value is -2.87. The van der Waals surface area contributed by atoms with Gasteiger partial charge in [-0.15, -0.1) is 10.2 Å². The highest BCUT2D eigenvalue weighted by Gasteiger charge is 2.18. The lowest BCUT2D eigenvalue weighted by atomic mass is 10.2. The Bertz CT molecular complexity index is 989. The van der Waals surface area contributed by atoms with E-state index in [0.717, 1.165) is 17.1 Å². The topological polar surface area (TPSA) is 79.0 Å². The highest BCUT2D eigenvalue weighted by Crippen LogP contribution is 2.24. The number of methoxy groups -OCH3 is 1. The van der Waals surface area contributed by atoms with Crippen molar-refractivity contribution in [2.24, 2.45) is 7.05 Å². The number of carbonyl (C=O) groups is 2. The Kier molecular flexibility index (Phi) is 5.46. The van der Waals surface area contributed by atoms with E-state index in [4.69, 9.17) is 4.74 Å². The molecule has 140 valence electrons. The normalized spacial score (nSPS) is 10.8. The molecule has 8 heteroatoms. The Morgan fingerprint density at radius 2 is 1.89 bits per heavy atom. The van der Waals surface area contributed by atoms with Crippen LogP contribution in [0.15, 0.2) is 41.8 Å². The largest absolute Gasteiger partial charge is 0.465 e. The minimum atomic E-state index is -0.376. The lowest BCUT2D eigenvalue weighted by Gasteiger charge is -2.10. The molecule has 2 aromatic heterocycles. The molecule has 0 fully saturated rings. The predicted octanol–water partition coefficient (Wildman–Crippen LogP) is 2.98. The molecule has 1 aromatic carbocycles. The van der Waals surface area contributed by atoms with Gasteiger partial charge >= 0.3 is 5.97 Å². The fourth-order valence-corrected chi connectivity index (χ4v) is 3.69. The maximum Gasteiger partial charge on any atom is 0.337 e. The van der Waals surface area contributed by atoms with E-state index in [9.17, 15) is 9.59 Å². The van der Waals surface area contributed by atoms with E-state index < -0.39 is 0 Å². The van der Waals surface area contributed by atoms with Gasteiger partial charge in [0.15, 0.2) is 10.9 Å². The molecule has 0 N–H and O–H groups in total. The number of esters is 1. The van der Waals surface area contributed by atoms with Gasteiger partial charge in [-0.2, -0.15) is 0 Å². The minimum Gasteiger partial charge on any atom is -0.465 e. The number of Topliss-reactive ketones (excluding diaryl/α,β-unsaturated/α-hetero) is 1. The SMILES string of the molecule is COC(=O)c1ccc(-n2c(C)cc(C(=O)CSc3nncn3C)c2C)cc1. The number of hydrogen-bond acceptors (Lipinski definition) is 6. The van der Waals surface area contributed by atoms with Gasteiger partial charge in [-0.05, 0) is 44.2 Å². The summed E-state index contributed by atoms with van der Waals surface area (Å²) in [6.07, 6.45) is 1.61. The number of thioether (sulfide) groups is 1. The molecular formula is C19H20N4O3S. The number of ketones is 1. The van der Waals surface area contributed by atoms with Crippen molar-refractivity contribution in [2.75, 3.05) is 12.9 Å². The number of hydrogen-bond donors (Lipinski definition) is 0. The van der Waals surface area contributed by atoms with Crippen LogP contribution in [0.4, 0.5) is 0 Å². The molecule has 0 unspecified atom stereocenters. The molecule has 0 amide bonds. The molecule has 0 bridgehead atoms. The zero-order chi connectivity index (χ0) is 19.6. The zero-order valence-corrected chi connectivity index (χ0v) is 16.4. The molecule has 3 aromatic rings. The first-order valence-corrected chi connectivity index (χ1v) is 9.28. The molecule has 0 spiro atoms. The van der Waals surface area contributed by atoms with Crippen LogP contribution in [0.25, 0.3) is 5.69 Å². The molecule has 0 radical (unpaired) electrons. The third-order valence-electron chi connectivity index (χ3n) is 4.28. The van der Waals surface area contributed by atoms with Crippen LogP contribution in [0, 0.1) is 13.8 Å². The highest BCUT2D eigenvalue weighted by molar-refractivity contribution is 7.99. The third kappa shape index (κ3) is 3.80. The Morgan fingerprint density at radius 1 is 1.19 bits per heavy atom. The van der Waals surface area contributed by atoms with Gasteiger partial charge in [0.25, 0.3) is 0 Å². The van der Waals surface area contributed by atoms with Gasteiger partial charge in [-0.25, -0.2) is 4.79 Å². The van der Waals surface area contributed by atoms with Crippen molar-refractivity contribution in [3.05, 3.63) is 59.2 Å². The summed E-state index contributed by atoms with van der Waals surface area (Å²) in [6.45, 7) is 3.87. The number of rotatable bonds is 6. The quantitative estimate of drug-likeness (QED) is 0.369. The van der Waals surface area contributed by atoms with Crippen LogP contribution in [0.5, 0.6) is 0 Å². The van der Waals surface area contributed by atoms with E-state index in [0.29, 0.717) is 16.3 Å². The summed E-state index contributed by atoms with van der Waals surface area (Å²) in [5.74, 6) is -0.0503. The van der Waals surface area contributed by atoms with Crippen LogP contribution < -0.4 is 0 Å². The number of ether oxygens (including phenoxy) is 1. The van der Waals surface area contributed by atoms with Gasteiger partial charge in [0.2, 0.25) is 0 Å². The summed E-state index contributed by atoms with van der Waals surface area (Å²) < 4.78 is 8.51. The maximum atomic E-state index is 12.7. The average molecular weight is 384 g/mol. The molecular weight excluding hydrogens is 364 g/mol. The molecule has 0 aliphatic heterocycles. The molecule has 0 aliphatic rings. The molecule has 2 heterocycles. The number of aryl methyl sites for hydroxylation is 2. The van der Waals surface area contributed by atoms with Crippen molar-refractivity contribution < 1.29 is 14.3 Å².